The third-order valence-electron chi connectivity index (χ3n) is 6.27. The molecular weight excluding hydrogens is 274 g/mol. The molecule has 2 bridgehead atoms. The van der Waals surface area contributed by atoms with Crippen LogP contribution in [-0.2, 0) is 10.2 Å². The maximum Gasteiger partial charge on any atom is 0.279 e. The first kappa shape index (κ1) is 13.5. The van der Waals surface area contributed by atoms with E-state index in [0.29, 0.717) is 37.4 Å². The summed E-state index contributed by atoms with van der Waals surface area (Å²) >= 11 is 0. The van der Waals surface area contributed by atoms with Crippen LogP contribution >= 0.6 is 0 Å². The van der Waals surface area contributed by atoms with Crippen LogP contribution in [0, 0.1) is 29.6 Å². The minimum atomic E-state index is -3.27. The fraction of sp³-hybridized carbons (Fsp3) is 1.00. The Morgan fingerprint density at radius 2 is 1.65 bits per heavy atom. The Morgan fingerprint density at radius 3 is 2.20 bits per heavy atom. The molecule has 1 aliphatic heterocycles. The second-order valence-electron chi connectivity index (χ2n) is 7.21. The Labute approximate surface area is 121 Å². The van der Waals surface area contributed by atoms with Crippen LogP contribution in [0.15, 0.2) is 0 Å². The SMILES string of the molecule is NCC1CCN(S(=O)(=O)NC2C3C4CCC(C4)C23)CC1. The van der Waals surface area contributed by atoms with Crippen molar-refractivity contribution in [3.8, 4) is 0 Å². The molecular formula is C14H25N3O2S. The number of nitrogens with zero attached hydrogens (tertiary/aromatic N) is 1. The molecule has 114 valence electrons. The van der Waals surface area contributed by atoms with E-state index in [1.54, 1.807) is 4.31 Å². The molecule has 0 aromatic carbocycles. The molecule has 4 fully saturated rings. The smallest absolute Gasteiger partial charge is 0.279 e. The highest BCUT2D eigenvalue weighted by atomic mass is 32.2. The molecule has 3 aliphatic carbocycles. The highest BCUT2D eigenvalue weighted by Gasteiger charge is 2.66. The van der Waals surface area contributed by atoms with Gasteiger partial charge in [0.05, 0.1) is 0 Å². The van der Waals surface area contributed by atoms with Crippen molar-refractivity contribution in [1.29, 1.82) is 0 Å². The number of rotatable bonds is 4. The van der Waals surface area contributed by atoms with Crippen molar-refractivity contribution in [3.63, 3.8) is 0 Å². The summed E-state index contributed by atoms with van der Waals surface area (Å²) < 4.78 is 29.6. The van der Waals surface area contributed by atoms with Crippen molar-refractivity contribution in [2.45, 2.75) is 38.1 Å². The lowest BCUT2D eigenvalue weighted by molar-refractivity contribution is 0.275. The summed E-state index contributed by atoms with van der Waals surface area (Å²) in [6, 6.07) is 0.249. The molecule has 4 rings (SSSR count). The predicted molar refractivity (Wildman–Crippen MR) is 77.0 cm³/mol. The summed E-state index contributed by atoms with van der Waals surface area (Å²) in [5.74, 6) is 3.43. The fourth-order valence-electron chi connectivity index (χ4n) is 5.11. The van der Waals surface area contributed by atoms with Gasteiger partial charge in [0.1, 0.15) is 0 Å². The molecule has 4 aliphatic rings. The van der Waals surface area contributed by atoms with Crippen LogP contribution in [0.1, 0.15) is 32.1 Å². The van der Waals surface area contributed by atoms with Gasteiger partial charge in [-0.1, -0.05) is 0 Å². The van der Waals surface area contributed by atoms with Gasteiger partial charge in [-0.2, -0.15) is 17.4 Å². The van der Waals surface area contributed by atoms with Crippen LogP contribution in [0.5, 0.6) is 0 Å². The highest BCUT2D eigenvalue weighted by molar-refractivity contribution is 7.87. The summed E-state index contributed by atoms with van der Waals surface area (Å²) in [7, 11) is -3.27. The number of nitrogens with one attached hydrogen (secondary N) is 1. The van der Waals surface area contributed by atoms with Gasteiger partial charge in [-0.3, -0.25) is 0 Å². The summed E-state index contributed by atoms with van der Waals surface area (Å²) in [5, 5.41) is 0. The summed E-state index contributed by atoms with van der Waals surface area (Å²) in [6.07, 6.45) is 5.81. The van der Waals surface area contributed by atoms with E-state index in [2.05, 4.69) is 4.72 Å². The Kier molecular flexibility index (Phi) is 3.15. The summed E-state index contributed by atoms with van der Waals surface area (Å²) in [4.78, 5) is 0. The van der Waals surface area contributed by atoms with E-state index in [0.717, 1.165) is 24.7 Å². The average Bonchev–Trinajstić information content (AvgIpc) is 2.86. The van der Waals surface area contributed by atoms with Crippen molar-refractivity contribution in [3.05, 3.63) is 0 Å². The molecule has 0 radical (unpaired) electrons. The van der Waals surface area contributed by atoms with Gasteiger partial charge >= 0.3 is 0 Å². The maximum atomic E-state index is 12.5. The molecule has 4 atom stereocenters. The third kappa shape index (κ3) is 2.03. The van der Waals surface area contributed by atoms with Gasteiger partial charge in [-0.25, -0.2) is 0 Å². The van der Waals surface area contributed by atoms with E-state index in [-0.39, 0.29) is 6.04 Å². The number of hydrogen-bond acceptors (Lipinski definition) is 3. The number of hydrogen-bond donors (Lipinski definition) is 2. The normalized spacial score (nSPS) is 44.8. The van der Waals surface area contributed by atoms with Gasteiger partial charge in [-0.15, -0.1) is 0 Å². The predicted octanol–water partition coefficient (Wildman–Crippen LogP) is 0.536. The molecule has 20 heavy (non-hydrogen) atoms. The fourth-order valence-corrected chi connectivity index (χ4v) is 6.61. The second-order valence-corrected chi connectivity index (χ2v) is 8.92. The number of fused-ring (bicyclic) bond motifs is 5. The minimum Gasteiger partial charge on any atom is -0.330 e. The lowest BCUT2D eigenvalue weighted by Crippen LogP contribution is -2.47. The quantitative estimate of drug-likeness (QED) is 0.795. The largest absolute Gasteiger partial charge is 0.330 e. The zero-order valence-corrected chi connectivity index (χ0v) is 12.7. The van der Waals surface area contributed by atoms with Gasteiger partial charge < -0.3 is 5.73 Å². The van der Waals surface area contributed by atoms with Crippen LogP contribution in [0.2, 0.25) is 0 Å². The van der Waals surface area contributed by atoms with Crippen LogP contribution < -0.4 is 10.5 Å². The van der Waals surface area contributed by atoms with Crippen molar-refractivity contribution in [2.75, 3.05) is 19.6 Å². The van der Waals surface area contributed by atoms with Gasteiger partial charge in [0.15, 0.2) is 0 Å². The summed E-state index contributed by atoms with van der Waals surface area (Å²) in [5.41, 5.74) is 5.66. The monoisotopic (exact) mass is 299 g/mol. The second kappa shape index (κ2) is 4.66. The number of nitrogens with two attached hydrogens (primary N) is 1. The molecule has 3 N–H and O–H groups in total. The Morgan fingerprint density at radius 1 is 1.05 bits per heavy atom. The average molecular weight is 299 g/mol. The molecule has 0 amide bonds. The first-order valence-corrected chi connectivity index (χ1v) is 9.51. The zero-order valence-electron chi connectivity index (χ0n) is 11.9. The van der Waals surface area contributed by atoms with E-state index in [1.807, 2.05) is 0 Å². The van der Waals surface area contributed by atoms with Crippen LogP contribution in [0.4, 0.5) is 0 Å². The van der Waals surface area contributed by atoms with Gasteiger partial charge in [0, 0.05) is 19.1 Å². The van der Waals surface area contributed by atoms with Gasteiger partial charge in [0.25, 0.3) is 10.2 Å². The van der Waals surface area contributed by atoms with E-state index in [1.165, 1.54) is 19.3 Å². The molecule has 4 unspecified atom stereocenters. The molecule has 0 aromatic heterocycles. The minimum absolute atomic E-state index is 0.249. The van der Waals surface area contributed by atoms with Crippen molar-refractivity contribution < 1.29 is 8.42 Å². The topological polar surface area (TPSA) is 75.4 Å². The van der Waals surface area contributed by atoms with Crippen molar-refractivity contribution in [2.24, 2.45) is 35.3 Å². The van der Waals surface area contributed by atoms with Gasteiger partial charge in [-0.05, 0) is 68.2 Å². The Hall–Kier alpha value is -0.170. The molecule has 3 saturated carbocycles. The Bertz CT molecular complexity index is 471. The Balaban J connectivity index is 1.37. The molecule has 1 heterocycles. The maximum absolute atomic E-state index is 12.5. The molecule has 6 heteroatoms. The molecule has 0 aromatic rings. The van der Waals surface area contributed by atoms with Crippen LogP contribution in [0.3, 0.4) is 0 Å². The summed E-state index contributed by atoms with van der Waals surface area (Å²) in [6.45, 7) is 1.94. The zero-order chi connectivity index (χ0) is 13.9. The van der Waals surface area contributed by atoms with Crippen molar-refractivity contribution >= 4 is 10.2 Å². The van der Waals surface area contributed by atoms with Crippen LogP contribution in [0.25, 0.3) is 0 Å². The van der Waals surface area contributed by atoms with Crippen LogP contribution in [-0.4, -0.2) is 38.4 Å². The van der Waals surface area contributed by atoms with E-state index in [9.17, 15) is 8.42 Å². The van der Waals surface area contributed by atoms with Crippen molar-refractivity contribution in [1.82, 2.24) is 9.03 Å². The lowest BCUT2D eigenvalue weighted by atomic mass is 9.99. The molecule has 1 saturated heterocycles. The lowest BCUT2D eigenvalue weighted by Gasteiger charge is -2.30. The first-order chi connectivity index (χ1) is 9.60. The standard InChI is InChI=1S/C14H25N3O2S/c15-8-9-3-5-17(6-4-9)20(18,19)16-14-12-10-1-2-11(7-10)13(12)14/h9-14,16H,1-8,15H2. The van der Waals surface area contributed by atoms with E-state index < -0.39 is 10.2 Å². The third-order valence-corrected chi connectivity index (χ3v) is 7.88. The number of piperidine rings is 1. The molecule has 0 spiro atoms. The van der Waals surface area contributed by atoms with E-state index in [4.69, 9.17) is 5.73 Å². The van der Waals surface area contributed by atoms with E-state index >= 15 is 0 Å². The molecule has 5 nitrogen and oxygen atoms in total. The first-order valence-electron chi connectivity index (χ1n) is 8.07. The highest BCUT2D eigenvalue weighted by Crippen LogP contribution is 2.65. The van der Waals surface area contributed by atoms with Gasteiger partial charge in [0.2, 0.25) is 0 Å².